The molecule has 7 heteroatoms. The van der Waals surface area contributed by atoms with Crippen LogP contribution < -0.4 is 4.74 Å². The van der Waals surface area contributed by atoms with Crippen molar-refractivity contribution in [1.82, 2.24) is 9.80 Å². The molecule has 0 radical (unpaired) electrons. The number of ether oxygens (including phenoxy) is 1. The lowest BCUT2D eigenvalue weighted by molar-refractivity contribution is -0.138. The highest BCUT2D eigenvalue weighted by atomic mass is 16.5. The number of hydrogen-bond donors (Lipinski definition) is 2. The van der Waals surface area contributed by atoms with Crippen LogP contribution in [0, 0.1) is 11.3 Å². The van der Waals surface area contributed by atoms with E-state index in [1.165, 1.54) is 4.90 Å². The number of nitrogens with zero attached hydrogens (tertiary/aromatic N) is 3. The van der Waals surface area contributed by atoms with Crippen molar-refractivity contribution in [1.29, 1.82) is 5.26 Å². The average Bonchev–Trinajstić information content (AvgIpc) is 2.88. The van der Waals surface area contributed by atoms with E-state index < -0.39 is 17.2 Å². The first-order chi connectivity index (χ1) is 16.4. The van der Waals surface area contributed by atoms with Crippen LogP contribution in [-0.2, 0) is 12.1 Å². The third-order valence-electron chi connectivity index (χ3n) is 7.67. The molecular formula is C27H33N3O4. The minimum atomic E-state index is -0.963. The van der Waals surface area contributed by atoms with Gasteiger partial charge in [0.05, 0.1) is 16.7 Å². The van der Waals surface area contributed by atoms with Crippen molar-refractivity contribution in [3.8, 4) is 11.8 Å². The largest absolute Gasteiger partial charge is 0.488 e. The normalized spacial score (nSPS) is 20.2. The quantitative estimate of drug-likeness (QED) is 0.661. The van der Waals surface area contributed by atoms with Crippen molar-refractivity contribution >= 4 is 6.09 Å². The van der Waals surface area contributed by atoms with Gasteiger partial charge in [0.2, 0.25) is 0 Å². The van der Waals surface area contributed by atoms with E-state index in [2.05, 4.69) is 17.9 Å². The molecule has 1 saturated heterocycles. The number of carboxylic acid groups (broad SMARTS) is 1. The first-order valence-electron chi connectivity index (χ1n) is 12.0. The predicted molar refractivity (Wildman–Crippen MR) is 128 cm³/mol. The molecule has 0 bridgehead atoms. The molecule has 1 amide bonds. The number of nitriles is 1. The maximum Gasteiger partial charge on any atom is 0.407 e. The van der Waals surface area contributed by atoms with Crippen molar-refractivity contribution in [3.05, 3.63) is 65.2 Å². The minimum Gasteiger partial charge on any atom is -0.488 e. The van der Waals surface area contributed by atoms with E-state index in [9.17, 15) is 20.3 Å². The van der Waals surface area contributed by atoms with Gasteiger partial charge in [-0.1, -0.05) is 55.7 Å². The summed E-state index contributed by atoms with van der Waals surface area (Å²) >= 11 is 0. The summed E-state index contributed by atoms with van der Waals surface area (Å²) in [4.78, 5) is 15.1. The molecule has 1 atom stereocenters. The SMILES string of the molecule is CC(c1ccc(OCc2ccccc2)c(C#N)c1)(N1CCN(C(=O)O)CC1)C1(O)CCCCC1. The number of hydrogen-bond acceptors (Lipinski definition) is 5. The van der Waals surface area contributed by atoms with Gasteiger partial charge in [0.25, 0.3) is 0 Å². The first kappa shape index (κ1) is 24.1. The van der Waals surface area contributed by atoms with Crippen LogP contribution in [-0.4, -0.2) is 57.9 Å². The third kappa shape index (κ3) is 4.61. The highest BCUT2D eigenvalue weighted by Gasteiger charge is 2.52. The Kier molecular flexibility index (Phi) is 7.11. The fourth-order valence-electron chi connectivity index (χ4n) is 5.50. The van der Waals surface area contributed by atoms with Gasteiger partial charge in [-0.2, -0.15) is 5.26 Å². The molecular weight excluding hydrogens is 430 g/mol. The molecule has 0 spiro atoms. The molecule has 0 aromatic heterocycles. The van der Waals surface area contributed by atoms with Crippen molar-refractivity contribution < 1.29 is 19.7 Å². The van der Waals surface area contributed by atoms with Gasteiger partial charge in [0.15, 0.2) is 0 Å². The van der Waals surface area contributed by atoms with E-state index in [0.29, 0.717) is 56.9 Å². The lowest BCUT2D eigenvalue weighted by Gasteiger charge is -2.55. The molecule has 2 aliphatic rings. The lowest BCUT2D eigenvalue weighted by atomic mass is 9.67. The van der Waals surface area contributed by atoms with Crippen LogP contribution in [0.1, 0.15) is 55.7 Å². The van der Waals surface area contributed by atoms with Crippen LogP contribution in [0.5, 0.6) is 5.75 Å². The zero-order chi connectivity index (χ0) is 24.2. The predicted octanol–water partition coefficient (Wildman–Crippen LogP) is 4.34. The molecule has 1 heterocycles. The fraction of sp³-hybridized carbons (Fsp3) is 0.481. The molecule has 1 aliphatic heterocycles. The van der Waals surface area contributed by atoms with Gasteiger partial charge in [-0.05, 0) is 43.0 Å². The monoisotopic (exact) mass is 463 g/mol. The minimum absolute atomic E-state index is 0.368. The number of carbonyl (C=O) groups is 1. The molecule has 2 N–H and O–H groups in total. The molecule has 1 aliphatic carbocycles. The second kappa shape index (κ2) is 10.0. The second-order valence-corrected chi connectivity index (χ2v) is 9.52. The zero-order valence-corrected chi connectivity index (χ0v) is 19.7. The van der Waals surface area contributed by atoms with E-state index in [0.717, 1.165) is 30.4 Å². The van der Waals surface area contributed by atoms with Crippen LogP contribution in [0.25, 0.3) is 0 Å². The van der Waals surface area contributed by atoms with E-state index in [1.807, 2.05) is 48.5 Å². The Morgan fingerprint density at radius 2 is 1.76 bits per heavy atom. The number of aliphatic hydroxyl groups is 1. The molecule has 34 heavy (non-hydrogen) atoms. The van der Waals surface area contributed by atoms with Crippen molar-refractivity contribution in [3.63, 3.8) is 0 Å². The van der Waals surface area contributed by atoms with Crippen molar-refractivity contribution in [2.24, 2.45) is 0 Å². The first-order valence-corrected chi connectivity index (χ1v) is 12.0. The highest BCUT2D eigenvalue weighted by Crippen LogP contribution is 2.47. The Hall–Kier alpha value is -3.08. The number of piperazine rings is 1. The van der Waals surface area contributed by atoms with Gasteiger partial charge in [-0.15, -0.1) is 0 Å². The van der Waals surface area contributed by atoms with Crippen LogP contribution in [0.15, 0.2) is 48.5 Å². The zero-order valence-electron chi connectivity index (χ0n) is 19.7. The van der Waals surface area contributed by atoms with Crippen LogP contribution in [0.3, 0.4) is 0 Å². The van der Waals surface area contributed by atoms with E-state index >= 15 is 0 Å². The summed E-state index contributed by atoms with van der Waals surface area (Å²) in [6, 6.07) is 17.7. The number of amides is 1. The van der Waals surface area contributed by atoms with Gasteiger partial charge in [-0.25, -0.2) is 4.79 Å². The summed E-state index contributed by atoms with van der Waals surface area (Å²) in [6.07, 6.45) is 3.44. The van der Waals surface area contributed by atoms with Gasteiger partial charge < -0.3 is 19.8 Å². The Balaban J connectivity index is 1.66. The summed E-state index contributed by atoms with van der Waals surface area (Å²) in [5, 5.41) is 31.3. The maximum absolute atomic E-state index is 12.0. The van der Waals surface area contributed by atoms with Crippen molar-refractivity contribution in [2.75, 3.05) is 26.2 Å². The van der Waals surface area contributed by atoms with E-state index in [4.69, 9.17) is 4.74 Å². The maximum atomic E-state index is 12.0. The molecule has 2 aromatic rings. The van der Waals surface area contributed by atoms with Gasteiger partial charge in [-0.3, -0.25) is 4.90 Å². The molecule has 4 rings (SSSR count). The third-order valence-corrected chi connectivity index (χ3v) is 7.67. The average molecular weight is 464 g/mol. The molecule has 2 aromatic carbocycles. The summed E-state index contributed by atoms with van der Waals surface area (Å²) in [5.74, 6) is 0.517. The molecule has 1 unspecified atom stereocenters. The highest BCUT2D eigenvalue weighted by molar-refractivity contribution is 5.65. The number of benzene rings is 2. The van der Waals surface area contributed by atoms with Gasteiger partial charge in [0, 0.05) is 26.2 Å². The topological polar surface area (TPSA) is 97.0 Å². The second-order valence-electron chi connectivity index (χ2n) is 9.52. The Morgan fingerprint density at radius 1 is 1.09 bits per heavy atom. The lowest BCUT2D eigenvalue weighted by Crippen LogP contribution is -2.65. The van der Waals surface area contributed by atoms with Gasteiger partial charge >= 0.3 is 6.09 Å². The summed E-state index contributed by atoms with van der Waals surface area (Å²) in [7, 11) is 0. The van der Waals surface area contributed by atoms with Crippen LogP contribution in [0.2, 0.25) is 0 Å². The standard InChI is InChI=1S/C27H33N3O4/c1-26(27(33)12-6-3-7-13-27,30-16-14-29(15-17-30)25(31)32)23-10-11-24(22(18-23)19-28)34-20-21-8-4-2-5-9-21/h2,4-5,8-11,18,33H,3,6-7,12-17,20H2,1H3,(H,31,32). The summed E-state index contributed by atoms with van der Waals surface area (Å²) in [5.41, 5.74) is 0.609. The molecule has 7 nitrogen and oxygen atoms in total. The smallest absolute Gasteiger partial charge is 0.407 e. The molecule has 1 saturated carbocycles. The van der Waals surface area contributed by atoms with Crippen LogP contribution in [0.4, 0.5) is 4.79 Å². The Morgan fingerprint density at radius 3 is 2.38 bits per heavy atom. The molecule has 180 valence electrons. The van der Waals surface area contributed by atoms with E-state index in [-0.39, 0.29) is 0 Å². The summed E-state index contributed by atoms with van der Waals surface area (Å²) < 4.78 is 5.97. The fourth-order valence-corrected chi connectivity index (χ4v) is 5.50. The number of rotatable bonds is 6. The Bertz CT molecular complexity index is 1040. The van der Waals surface area contributed by atoms with E-state index in [1.54, 1.807) is 0 Å². The van der Waals surface area contributed by atoms with Crippen molar-refractivity contribution in [2.45, 2.75) is 56.8 Å². The molecule has 2 fully saturated rings. The Labute approximate surface area is 201 Å². The van der Waals surface area contributed by atoms with Crippen LogP contribution >= 0.6 is 0 Å². The summed E-state index contributed by atoms with van der Waals surface area (Å²) in [6.45, 7) is 4.26. The van der Waals surface area contributed by atoms with Gasteiger partial charge in [0.1, 0.15) is 18.4 Å².